The van der Waals surface area contributed by atoms with Crippen LogP contribution in [0.3, 0.4) is 0 Å². The summed E-state index contributed by atoms with van der Waals surface area (Å²) >= 11 is 8.03. The molecule has 0 aliphatic rings. The molecular weight excluding hydrogens is 539 g/mol. The summed E-state index contributed by atoms with van der Waals surface area (Å²) in [6.07, 6.45) is -2.66. The maximum absolute atomic E-state index is 12.8. The smallest absolute Gasteiger partial charge is 0.256 e. The molecule has 0 saturated carbocycles. The van der Waals surface area contributed by atoms with Gasteiger partial charge in [-0.05, 0) is 27.6 Å². The van der Waals surface area contributed by atoms with Gasteiger partial charge in [-0.2, -0.15) is 12.1 Å². The third-order valence-corrected chi connectivity index (χ3v) is 4.14. The van der Waals surface area contributed by atoms with Gasteiger partial charge in [0.1, 0.15) is 12.4 Å². The molecule has 0 atom stereocenters. The summed E-state index contributed by atoms with van der Waals surface area (Å²) in [4.78, 5) is 12.2. The van der Waals surface area contributed by atoms with Gasteiger partial charge >= 0.3 is 0 Å². The summed E-state index contributed by atoms with van der Waals surface area (Å²) in [6, 6.07) is 9.11. The van der Waals surface area contributed by atoms with Crippen molar-refractivity contribution in [1.82, 2.24) is 4.57 Å². The molecule has 1 aromatic carbocycles. The Hall–Kier alpha value is -0.486. The minimum absolute atomic E-state index is 0. The van der Waals surface area contributed by atoms with Gasteiger partial charge in [0.15, 0.2) is 0 Å². The summed E-state index contributed by atoms with van der Waals surface area (Å²) in [5.74, 6) is 5.96. The van der Waals surface area contributed by atoms with Gasteiger partial charge in [-0.1, -0.05) is 28.8 Å². The van der Waals surface area contributed by atoms with E-state index in [9.17, 15) is 13.6 Å². The van der Waals surface area contributed by atoms with Crippen LogP contribution in [0.1, 0.15) is 6.92 Å². The monoisotopic (exact) mass is 551 g/mol. The van der Waals surface area contributed by atoms with Gasteiger partial charge in [0.25, 0.3) is 6.43 Å². The quantitative estimate of drug-likeness (QED) is 0.317. The summed E-state index contributed by atoms with van der Waals surface area (Å²) in [6.45, 7) is 1.20. The number of nitrogens with zero attached hydrogens (tertiary/aromatic N) is 1. The SMILES string of the molecule is CC#CCOc1ccc(-c2[c-]cc(I)c(=O)n2CC(F)F)c(Cl)c1.[Y]. The topological polar surface area (TPSA) is 31.2 Å². The molecule has 0 amide bonds. The summed E-state index contributed by atoms with van der Waals surface area (Å²) < 4.78 is 32.3. The number of hydrogen-bond donors (Lipinski definition) is 0. The summed E-state index contributed by atoms with van der Waals surface area (Å²) in [5, 5.41) is 0.275. The Morgan fingerprint density at radius 3 is 2.76 bits per heavy atom. The first-order chi connectivity index (χ1) is 11.4. The molecule has 1 aromatic heterocycles. The van der Waals surface area contributed by atoms with Gasteiger partial charge in [0.05, 0.1) is 6.54 Å². The Morgan fingerprint density at radius 2 is 2.16 bits per heavy atom. The van der Waals surface area contributed by atoms with Crippen LogP contribution in [0.5, 0.6) is 5.75 Å². The zero-order chi connectivity index (χ0) is 17.7. The van der Waals surface area contributed by atoms with E-state index in [1.807, 2.05) is 0 Å². The van der Waals surface area contributed by atoms with Gasteiger partial charge in [-0.25, -0.2) is 8.78 Å². The van der Waals surface area contributed by atoms with Crippen LogP contribution in [0.2, 0.25) is 5.02 Å². The van der Waals surface area contributed by atoms with Crippen molar-refractivity contribution in [3.8, 4) is 28.8 Å². The van der Waals surface area contributed by atoms with Gasteiger partial charge < -0.3 is 9.30 Å². The van der Waals surface area contributed by atoms with Crippen molar-refractivity contribution in [3.05, 3.63) is 49.3 Å². The molecule has 8 heteroatoms. The molecular formula is C17H12ClF2INO2Y-. The first kappa shape index (κ1) is 22.6. The average Bonchev–Trinajstić information content (AvgIpc) is 2.53. The second-order valence-electron chi connectivity index (χ2n) is 4.65. The number of pyridine rings is 1. The first-order valence-electron chi connectivity index (χ1n) is 6.85. The molecule has 0 bridgehead atoms. The van der Waals surface area contributed by atoms with Crippen LogP contribution in [0, 0.1) is 21.5 Å². The molecule has 0 aliphatic heterocycles. The van der Waals surface area contributed by atoms with Crippen LogP contribution in [0.25, 0.3) is 11.3 Å². The van der Waals surface area contributed by atoms with E-state index in [0.29, 0.717) is 14.9 Å². The van der Waals surface area contributed by atoms with Crippen LogP contribution in [0.15, 0.2) is 29.1 Å². The fraction of sp³-hybridized carbons (Fsp3) is 0.235. The Kier molecular flexibility index (Phi) is 9.57. The molecule has 0 aliphatic carbocycles. The fourth-order valence-corrected chi connectivity index (χ4v) is 2.71. The molecule has 0 saturated heterocycles. The molecule has 1 radical (unpaired) electrons. The molecule has 25 heavy (non-hydrogen) atoms. The second kappa shape index (κ2) is 10.6. The van der Waals surface area contributed by atoms with Crippen LogP contribution in [-0.4, -0.2) is 17.6 Å². The molecule has 1 heterocycles. The number of hydrogen-bond acceptors (Lipinski definition) is 2. The Morgan fingerprint density at radius 1 is 1.44 bits per heavy atom. The summed E-state index contributed by atoms with van der Waals surface area (Å²) in [5.41, 5.74) is 0.143. The van der Waals surface area contributed by atoms with Crippen molar-refractivity contribution in [2.75, 3.05) is 6.61 Å². The van der Waals surface area contributed by atoms with E-state index in [4.69, 9.17) is 16.3 Å². The van der Waals surface area contributed by atoms with E-state index in [1.54, 1.807) is 47.7 Å². The van der Waals surface area contributed by atoms with E-state index in [0.717, 1.165) is 4.57 Å². The van der Waals surface area contributed by atoms with Crippen LogP contribution in [-0.2, 0) is 39.3 Å². The average molecular weight is 552 g/mol. The Bertz CT molecular complexity index is 862. The minimum Gasteiger partial charge on any atom is -0.481 e. The minimum atomic E-state index is -2.66. The third-order valence-electron chi connectivity index (χ3n) is 3.06. The largest absolute Gasteiger partial charge is 0.481 e. The Labute approximate surface area is 188 Å². The normalized spacial score (nSPS) is 10.0. The molecule has 129 valence electrons. The predicted molar refractivity (Wildman–Crippen MR) is 97.7 cm³/mol. The van der Waals surface area contributed by atoms with Crippen molar-refractivity contribution in [2.45, 2.75) is 19.9 Å². The molecule has 0 spiro atoms. The second-order valence-corrected chi connectivity index (χ2v) is 6.22. The van der Waals surface area contributed by atoms with Gasteiger partial charge in [0, 0.05) is 32.7 Å². The van der Waals surface area contributed by atoms with Crippen molar-refractivity contribution in [3.63, 3.8) is 0 Å². The van der Waals surface area contributed by atoms with Crippen LogP contribution in [0.4, 0.5) is 8.78 Å². The van der Waals surface area contributed by atoms with E-state index in [-0.39, 0.29) is 50.0 Å². The predicted octanol–water partition coefficient (Wildman–Crippen LogP) is 4.24. The molecule has 0 N–H and O–H groups in total. The standard InChI is InChI=1S/C17H12ClF2INO2.Y/c1-2-3-8-24-11-4-5-12(13(18)9-11)15-7-6-14(21)17(23)22(15)10-16(19)20;/h4-6,9,16H,8,10H2,1H3;/q-1;. The van der Waals surface area contributed by atoms with Gasteiger partial charge in [0.2, 0.25) is 5.56 Å². The third kappa shape index (κ3) is 6.02. The molecule has 0 unspecified atom stereocenters. The number of alkyl halides is 2. The maximum Gasteiger partial charge on any atom is 0.256 e. The van der Waals surface area contributed by atoms with Crippen molar-refractivity contribution in [1.29, 1.82) is 0 Å². The van der Waals surface area contributed by atoms with Gasteiger partial charge in [-0.15, -0.1) is 34.6 Å². The van der Waals surface area contributed by atoms with Crippen LogP contribution >= 0.6 is 34.2 Å². The number of aromatic nitrogens is 1. The zero-order valence-electron chi connectivity index (χ0n) is 13.2. The fourth-order valence-electron chi connectivity index (χ4n) is 2.01. The van der Waals surface area contributed by atoms with Crippen molar-refractivity contribution >= 4 is 34.2 Å². The molecule has 2 rings (SSSR count). The maximum atomic E-state index is 12.8. The van der Waals surface area contributed by atoms with E-state index in [1.165, 1.54) is 6.07 Å². The van der Waals surface area contributed by atoms with Gasteiger partial charge in [-0.3, -0.25) is 4.79 Å². The number of rotatable bonds is 5. The number of ether oxygens (including phenoxy) is 1. The van der Waals surface area contributed by atoms with E-state index < -0.39 is 18.5 Å². The van der Waals surface area contributed by atoms with Crippen LogP contribution < -0.4 is 10.3 Å². The zero-order valence-corrected chi connectivity index (χ0v) is 18.9. The van der Waals surface area contributed by atoms with E-state index in [2.05, 4.69) is 17.9 Å². The molecule has 0 fully saturated rings. The van der Waals surface area contributed by atoms with Crippen molar-refractivity contribution < 1.29 is 46.2 Å². The van der Waals surface area contributed by atoms with E-state index >= 15 is 0 Å². The van der Waals surface area contributed by atoms with Crippen molar-refractivity contribution in [2.24, 2.45) is 0 Å². The number of halogens is 4. The molecule has 2 aromatic rings. The Balaban J connectivity index is 0.00000312. The first-order valence-corrected chi connectivity index (χ1v) is 8.31. The number of benzene rings is 1. The molecule has 3 nitrogen and oxygen atoms in total. The summed E-state index contributed by atoms with van der Waals surface area (Å²) in [7, 11) is 0.